The Labute approximate surface area is 139 Å². The summed E-state index contributed by atoms with van der Waals surface area (Å²) in [6.07, 6.45) is 7.46. The monoisotopic (exact) mass is 324 g/mol. The van der Waals surface area contributed by atoms with Crippen molar-refractivity contribution < 1.29 is 9.59 Å². The van der Waals surface area contributed by atoms with Crippen molar-refractivity contribution in [3.63, 3.8) is 0 Å². The predicted octanol–water partition coefficient (Wildman–Crippen LogP) is 1.46. The molecule has 0 radical (unpaired) electrons. The number of likely N-dealkylation sites (tertiary alicyclic amines) is 1. The minimum atomic E-state index is -0.125. The number of piperidine rings is 1. The number of nitrogens with zero attached hydrogens (tertiary/aromatic N) is 1. The lowest BCUT2D eigenvalue weighted by Crippen LogP contribution is -2.51. The number of nitrogens with one attached hydrogen (secondary N) is 3. The Balaban J connectivity index is 1.59. The van der Waals surface area contributed by atoms with E-state index >= 15 is 0 Å². The van der Waals surface area contributed by atoms with Crippen LogP contribution >= 0.6 is 0 Å². The van der Waals surface area contributed by atoms with Crippen molar-refractivity contribution in [1.29, 1.82) is 0 Å². The summed E-state index contributed by atoms with van der Waals surface area (Å²) in [5.74, 6) is 0.823. The molecule has 23 heavy (non-hydrogen) atoms. The molecule has 2 aliphatic rings. The second-order valence-corrected chi connectivity index (χ2v) is 7.11. The third-order valence-corrected chi connectivity index (χ3v) is 5.15. The minimum Gasteiger partial charge on any atom is -0.355 e. The summed E-state index contributed by atoms with van der Waals surface area (Å²) in [5.41, 5.74) is 0. The third-order valence-electron chi connectivity index (χ3n) is 5.15. The Morgan fingerprint density at radius 3 is 2.17 bits per heavy atom. The molecule has 0 spiro atoms. The Kier molecular flexibility index (Phi) is 7.15. The van der Waals surface area contributed by atoms with Gasteiger partial charge in [-0.25, -0.2) is 4.79 Å². The van der Waals surface area contributed by atoms with Crippen molar-refractivity contribution in [3.8, 4) is 0 Å². The summed E-state index contributed by atoms with van der Waals surface area (Å²) in [6, 6.07) is 0.911. The summed E-state index contributed by atoms with van der Waals surface area (Å²) < 4.78 is 0. The Morgan fingerprint density at radius 2 is 1.57 bits per heavy atom. The molecule has 2 fully saturated rings. The molecular weight excluding hydrogens is 292 g/mol. The maximum absolute atomic E-state index is 11.8. The van der Waals surface area contributed by atoms with E-state index in [0.29, 0.717) is 13.1 Å². The van der Waals surface area contributed by atoms with Gasteiger partial charge in [0.1, 0.15) is 0 Å². The van der Waals surface area contributed by atoms with Gasteiger partial charge >= 0.3 is 6.03 Å². The molecule has 6 heteroatoms. The van der Waals surface area contributed by atoms with Crippen LogP contribution in [0, 0.1) is 5.92 Å². The lowest BCUT2D eigenvalue weighted by Gasteiger charge is -2.40. The number of urea groups is 1. The van der Waals surface area contributed by atoms with Gasteiger partial charge in [0.15, 0.2) is 0 Å². The first-order chi connectivity index (χ1) is 11.0. The molecule has 132 valence electrons. The Hall–Kier alpha value is -1.30. The highest BCUT2D eigenvalue weighted by Gasteiger charge is 2.28. The molecule has 1 aliphatic carbocycles. The van der Waals surface area contributed by atoms with Crippen LogP contribution in [0.25, 0.3) is 0 Å². The van der Waals surface area contributed by atoms with E-state index in [1.807, 2.05) is 0 Å². The van der Waals surface area contributed by atoms with Crippen LogP contribution in [-0.4, -0.2) is 55.1 Å². The van der Waals surface area contributed by atoms with Crippen LogP contribution < -0.4 is 16.0 Å². The van der Waals surface area contributed by atoms with Crippen LogP contribution in [0.15, 0.2) is 0 Å². The highest BCUT2D eigenvalue weighted by molar-refractivity contribution is 5.74. The molecule has 0 bridgehead atoms. The van der Waals surface area contributed by atoms with Gasteiger partial charge in [-0.15, -0.1) is 0 Å². The molecule has 1 saturated heterocycles. The summed E-state index contributed by atoms with van der Waals surface area (Å²) in [4.78, 5) is 25.2. The minimum absolute atomic E-state index is 0.0725. The van der Waals surface area contributed by atoms with Crippen LogP contribution in [0.1, 0.15) is 52.4 Å². The average molecular weight is 324 g/mol. The molecule has 3 N–H and O–H groups in total. The van der Waals surface area contributed by atoms with Gasteiger partial charge < -0.3 is 20.9 Å². The largest absolute Gasteiger partial charge is 0.355 e. The second-order valence-electron chi connectivity index (χ2n) is 7.11. The number of carbonyl (C=O) groups is 2. The van der Waals surface area contributed by atoms with Crippen molar-refractivity contribution in [2.24, 2.45) is 5.92 Å². The topological polar surface area (TPSA) is 73.5 Å². The number of carbonyl (C=O) groups excluding carboxylic acids is 2. The zero-order chi connectivity index (χ0) is 16.7. The van der Waals surface area contributed by atoms with E-state index in [9.17, 15) is 9.59 Å². The molecule has 2 rings (SSSR count). The summed E-state index contributed by atoms with van der Waals surface area (Å²) in [7, 11) is 0. The molecule has 3 amide bonds. The quantitative estimate of drug-likeness (QED) is 0.671. The number of hydrogen-bond donors (Lipinski definition) is 3. The molecule has 0 aromatic rings. The lowest BCUT2D eigenvalue weighted by atomic mass is 9.85. The number of hydrogen-bond acceptors (Lipinski definition) is 3. The highest BCUT2D eigenvalue weighted by Crippen LogP contribution is 2.28. The summed E-state index contributed by atoms with van der Waals surface area (Å²) in [6.45, 7) is 6.95. The van der Waals surface area contributed by atoms with E-state index in [0.717, 1.165) is 37.9 Å². The highest BCUT2D eigenvalue weighted by atomic mass is 16.2. The molecule has 6 nitrogen and oxygen atoms in total. The van der Waals surface area contributed by atoms with Gasteiger partial charge in [-0.05, 0) is 44.4 Å². The smallest absolute Gasteiger partial charge is 0.315 e. The van der Waals surface area contributed by atoms with Crippen molar-refractivity contribution in [3.05, 3.63) is 0 Å². The van der Waals surface area contributed by atoms with Crippen LogP contribution in [0.2, 0.25) is 0 Å². The van der Waals surface area contributed by atoms with E-state index in [2.05, 4.69) is 27.8 Å². The van der Waals surface area contributed by atoms with E-state index in [1.165, 1.54) is 32.6 Å². The molecule has 0 aromatic heterocycles. The van der Waals surface area contributed by atoms with Gasteiger partial charge in [-0.2, -0.15) is 0 Å². The molecular formula is C17H32N4O2. The molecule has 1 aliphatic heterocycles. The van der Waals surface area contributed by atoms with Gasteiger partial charge in [0.05, 0.1) is 0 Å². The van der Waals surface area contributed by atoms with Gasteiger partial charge in [0.25, 0.3) is 0 Å². The average Bonchev–Trinajstić information content (AvgIpc) is 2.53. The van der Waals surface area contributed by atoms with Crippen molar-refractivity contribution >= 4 is 11.9 Å². The lowest BCUT2D eigenvalue weighted by molar-refractivity contribution is -0.118. The normalized spacial score (nSPS) is 26.5. The predicted molar refractivity (Wildman–Crippen MR) is 91.2 cm³/mol. The first-order valence-electron chi connectivity index (χ1n) is 9.07. The van der Waals surface area contributed by atoms with Crippen LogP contribution in [0.4, 0.5) is 4.79 Å². The molecule has 0 aromatic carbocycles. The van der Waals surface area contributed by atoms with Crippen molar-refractivity contribution in [2.75, 3.05) is 26.2 Å². The zero-order valence-electron chi connectivity index (χ0n) is 14.6. The number of amides is 3. The van der Waals surface area contributed by atoms with E-state index < -0.39 is 0 Å². The van der Waals surface area contributed by atoms with Gasteiger partial charge in [-0.3, -0.25) is 4.79 Å². The van der Waals surface area contributed by atoms with E-state index in [-0.39, 0.29) is 18.0 Å². The fourth-order valence-electron chi connectivity index (χ4n) is 3.67. The molecule has 0 atom stereocenters. The number of rotatable bonds is 5. The Bertz CT molecular complexity index is 386. The van der Waals surface area contributed by atoms with E-state index in [1.54, 1.807) is 0 Å². The summed E-state index contributed by atoms with van der Waals surface area (Å²) in [5, 5.41) is 8.50. The van der Waals surface area contributed by atoms with Gasteiger partial charge in [-0.1, -0.05) is 6.92 Å². The molecule has 1 saturated carbocycles. The molecule has 1 heterocycles. The van der Waals surface area contributed by atoms with Gasteiger partial charge in [0, 0.05) is 45.2 Å². The van der Waals surface area contributed by atoms with Crippen molar-refractivity contribution in [2.45, 2.75) is 64.5 Å². The van der Waals surface area contributed by atoms with Gasteiger partial charge in [0.2, 0.25) is 5.91 Å². The van der Waals surface area contributed by atoms with Crippen molar-refractivity contribution in [1.82, 2.24) is 20.9 Å². The maximum atomic E-state index is 11.8. The standard InChI is InChI=1S/C17H32N4O2/c1-13-3-5-16(6-4-13)21-11-7-15(8-12-21)20-17(23)19-10-9-18-14(2)22/h13,15-16H,3-12H2,1-2H3,(H,18,22)(H2,19,20,23). The van der Waals surface area contributed by atoms with Crippen LogP contribution in [0.5, 0.6) is 0 Å². The third kappa shape index (κ3) is 6.37. The fourth-order valence-corrected chi connectivity index (χ4v) is 3.67. The fraction of sp³-hybridized carbons (Fsp3) is 0.882. The maximum Gasteiger partial charge on any atom is 0.315 e. The molecule has 0 unspecified atom stereocenters. The van der Waals surface area contributed by atoms with Crippen LogP contribution in [0.3, 0.4) is 0 Å². The second kappa shape index (κ2) is 9.11. The first kappa shape index (κ1) is 18.0. The Morgan fingerprint density at radius 1 is 0.957 bits per heavy atom. The van der Waals surface area contributed by atoms with E-state index in [4.69, 9.17) is 0 Å². The zero-order valence-corrected chi connectivity index (χ0v) is 14.6. The first-order valence-corrected chi connectivity index (χ1v) is 9.07. The SMILES string of the molecule is CC(=O)NCCNC(=O)NC1CCN(C2CCC(C)CC2)CC1. The van der Waals surface area contributed by atoms with Crippen LogP contribution in [-0.2, 0) is 4.79 Å². The summed E-state index contributed by atoms with van der Waals surface area (Å²) >= 11 is 0.